The molecule has 4 aromatic rings. The number of thiazole rings is 1. The quantitative estimate of drug-likeness (QED) is 0.321. The van der Waals surface area contributed by atoms with E-state index in [4.69, 9.17) is 4.98 Å². The van der Waals surface area contributed by atoms with Crippen LogP contribution in [0.25, 0.3) is 20.4 Å². The first-order valence-corrected chi connectivity index (χ1v) is 12.7. The van der Waals surface area contributed by atoms with Gasteiger partial charge < -0.3 is 5.32 Å². The van der Waals surface area contributed by atoms with Crippen molar-refractivity contribution in [3.05, 3.63) is 34.7 Å². The summed E-state index contributed by atoms with van der Waals surface area (Å²) in [6.07, 6.45) is 7.69. The predicted octanol–water partition coefficient (Wildman–Crippen LogP) is 5.11. The van der Waals surface area contributed by atoms with Crippen LogP contribution in [0.15, 0.2) is 22.9 Å². The second kappa shape index (κ2) is 8.20. The molecule has 1 N–H and O–H groups in total. The van der Waals surface area contributed by atoms with Crippen molar-refractivity contribution < 1.29 is 4.79 Å². The van der Waals surface area contributed by atoms with E-state index in [1.165, 1.54) is 51.7 Å². The molecular formula is C21H21N5OS3. The van der Waals surface area contributed by atoms with Gasteiger partial charge in [-0.3, -0.25) is 4.79 Å². The molecule has 1 aliphatic carbocycles. The zero-order valence-corrected chi connectivity index (χ0v) is 19.2. The summed E-state index contributed by atoms with van der Waals surface area (Å²) in [5.74, 6) is 0.779. The molecule has 0 radical (unpaired) electrons. The minimum atomic E-state index is -0.0824. The van der Waals surface area contributed by atoms with Gasteiger partial charge >= 0.3 is 0 Å². The third-order valence-corrected chi connectivity index (χ3v) is 8.03. The summed E-state index contributed by atoms with van der Waals surface area (Å²) in [4.78, 5) is 31.6. The van der Waals surface area contributed by atoms with Gasteiger partial charge in [0.2, 0.25) is 5.91 Å². The minimum absolute atomic E-state index is 0.0824. The first-order valence-electron chi connectivity index (χ1n) is 10.00. The number of hydrogen-bond donors (Lipinski definition) is 1. The number of nitrogens with zero attached hydrogens (tertiary/aromatic N) is 4. The van der Waals surface area contributed by atoms with Crippen LogP contribution >= 0.6 is 34.4 Å². The van der Waals surface area contributed by atoms with Crippen molar-refractivity contribution in [2.24, 2.45) is 5.92 Å². The number of pyridine rings is 1. The highest BCUT2D eigenvalue weighted by atomic mass is 32.2. The first-order chi connectivity index (χ1) is 14.6. The van der Waals surface area contributed by atoms with Gasteiger partial charge in [-0.1, -0.05) is 25.6 Å². The molecule has 0 unspecified atom stereocenters. The van der Waals surface area contributed by atoms with Gasteiger partial charge in [0.05, 0.1) is 16.0 Å². The van der Waals surface area contributed by atoms with E-state index in [0.717, 1.165) is 39.3 Å². The first kappa shape index (κ1) is 19.8. The number of fused-ring (bicyclic) bond motifs is 5. The fraction of sp³-hybridized carbons (Fsp3) is 0.381. The summed E-state index contributed by atoms with van der Waals surface area (Å²) in [5, 5.41) is 7.32. The second-order valence-electron chi connectivity index (χ2n) is 7.78. The Morgan fingerprint density at radius 1 is 1.23 bits per heavy atom. The van der Waals surface area contributed by atoms with E-state index in [0.29, 0.717) is 11.0 Å². The topological polar surface area (TPSA) is 80.7 Å². The molecule has 1 amide bonds. The molecule has 154 valence electrons. The maximum absolute atomic E-state index is 12.3. The van der Waals surface area contributed by atoms with Gasteiger partial charge in [0.15, 0.2) is 5.13 Å². The van der Waals surface area contributed by atoms with Gasteiger partial charge in [-0.2, -0.15) is 0 Å². The van der Waals surface area contributed by atoms with Crippen LogP contribution in [0.1, 0.15) is 37.1 Å². The molecule has 0 atom stereocenters. The van der Waals surface area contributed by atoms with Gasteiger partial charge in [-0.25, -0.2) is 19.9 Å². The van der Waals surface area contributed by atoms with Crippen molar-refractivity contribution in [1.82, 2.24) is 19.9 Å². The monoisotopic (exact) mass is 455 g/mol. The summed E-state index contributed by atoms with van der Waals surface area (Å²) in [6, 6.07) is 0. The third kappa shape index (κ3) is 3.70. The third-order valence-electron chi connectivity index (χ3n) is 5.15. The Morgan fingerprint density at radius 2 is 2.10 bits per heavy atom. The van der Waals surface area contributed by atoms with Crippen molar-refractivity contribution in [2.75, 3.05) is 11.1 Å². The van der Waals surface area contributed by atoms with Crippen molar-refractivity contribution in [1.29, 1.82) is 0 Å². The summed E-state index contributed by atoms with van der Waals surface area (Å²) in [5.41, 5.74) is 5.10. The maximum atomic E-state index is 12.3. The van der Waals surface area contributed by atoms with Gasteiger partial charge in [0, 0.05) is 22.7 Å². The average molecular weight is 456 g/mol. The molecule has 0 aromatic carbocycles. The molecule has 0 aliphatic heterocycles. The lowest BCUT2D eigenvalue weighted by Gasteiger charge is -2.11. The van der Waals surface area contributed by atoms with Crippen LogP contribution < -0.4 is 5.32 Å². The molecule has 0 saturated carbocycles. The van der Waals surface area contributed by atoms with Crippen LogP contribution in [0, 0.1) is 5.92 Å². The number of nitrogens with one attached hydrogen (secondary N) is 1. The Bertz CT molecular complexity index is 1230. The number of anilines is 1. The molecule has 0 fully saturated rings. The highest BCUT2D eigenvalue weighted by Gasteiger charge is 2.24. The fourth-order valence-electron chi connectivity index (χ4n) is 3.99. The molecule has 5 rings (SSSR count). The van der Waals surface area contributed by atoms with Crippen LogP contribution in [-0.2, 0) is 24.1 Å². The summed E-state index contributed by atoms with van der Waals surface area (Å²) >= 11 is 4.50. The molecule has 9 heteroatoms. The number of thiophene rings is 1. The number of rotatable bonds is 6. The van der Waals surface area contributed by atoms with Crippen LogP contribution in [0.2, 0.25) is 0 Å². The summed E-state index contributed by atoms with van der Waals surface area (Å²) < 4.78 is 1.03. The zero-order valence-electron chi connectivity index (χ0n) is 16.8. The number of thioether (sulfide) groups is 1. The number of hydrogen-bond acceptors (Lipinski definition) is 8. The SMILES string of the molecule is CC(C)Cc1nc2sc3c(SCC(=O)Nc4nccs4)ncnc3c2c2c1CCC2. The maximum Gasteiger partial charge on any atom is 0.236 e. The lowest BCUT2D eigenvalue weighted by Crippen LogP contribution is -2.13. The second-order valence-corrected chi connectivity index (χ2v) is 10.6. The molecular weight excluding hydrogens is 434 g/mol. The number of aromatic nitrogens is 4. The highest BCUT2D eigenvalue weighted by molar-refractivity contribution is 8.00. The zero-order chi connectivity index (χ0) is 20.7. The van der Waals surface area contributed by atoms with Crippen LogP contribution in [-0.4, -0.2) is 31.6 Å². The molecule has 4 aromatic heterocycles. The van der Waals surface area contributed by atoms with E-state index in [2.05, 4.69) is 34.1 Å². The largest absolute Gasteiger partial charge is 0.301 e. The average Bonchev–Trinajstić information content (AvgIpc) is 3.44. The van der Waals surface area contributed by atoms with E-state index < -0.39 is 0 Å². The van der Waals surface area contributed by atoms with Crippen LogP contribution in [0.3, 0.4) is 0 Å². The molecule has 6 nitrogen and oxygen atoms in total. The highest BCUT2D eigenvalue weighted by Crippen LogP contribution is 2.42. The Kier molecular flexibility index (Phi) is 5.43. The minimum Gasteiger partial charge on any atom is -0.301 e. The van der Waals surface area contributed by atoms with Crippen molar-refractivity contribution >= 4 is 65.9 Å². The number of carbonyl (C=O) groups is 1. The lowest BCUT2D eigenvalue weighted by molar-refractivity contribution is -0.113. The van der Waals surface area contributed by atoms with Crippen LogP contribution in [0.4, 0.5) is 5.13 Å². The molecule has 0 saturated heterocycles. The van der Waals surface area contributed by atoms with Gasteiger partial charge in [0.25, 0.3) is 0 Å². The molecule has 0 spiro atoms. The Balaban J connectivity index is 1.50. The van der Waals surface area contributed by atoms with Gasteiger partial charge in [-0.15, -0.1) is 22.7 Å². The lowest BCUT2D eigenvalue weighted by atomic mass is 9.99. The molecule has 0 bridgehead atoms. The van der Waals surface area contributed by atoms with Crippen molar-refractivity contribution in [3.8, 4) is 0 Å². The normalized spacial score (nSPS) is 13.4. The number of carbonyl (C=O) groups excluding carboxylic acids is 1. The molecule has 4 heterocycles. The van der Waals surface area contributed by atoms with E-state index in [9.17, 15) is 4.79 Å². The van der Waals surface area contributed by atoms with Crippen molar-refractivity contribution in [3.63, 3.8) is 0 Å². The number of amides is 1. The fourth-order valence-corrected chi connectivity index (χ4v) is 6.59. The Labute approximate surface area is 186 Å². The smallest absolute Gasteiger partial charge is 0.236 e. The van der Waals surface area contributed by atoms with E-state index >= 15 is 0 Å². The van der Waals surface area contributed by atoms with E-state index in [1.54, 1.807) is 23.9 Å². The van der Waals surface area contributed by atoms with Crippen LogP contribution in [0.5, 0.6) is 0 Å². The van der Waals surface area contributed by atoms with Gasteiger partial charge in [0.1, 0.15) is 16.2 Å². The number of aryl methyl sites for hydroxylation is 1. The van der Waals surface area contributed by atoms with E-state index in [-0.39, 0.29) is 11.7 Å². The Morgan fingerprint density at radius 3 is 2.90 bits per heavy atom. The van der Waals surface area contributed by atoms with Gasteiger partial charge in [-0.05, 0) is 42.7 Å². The predicted molar refractivity (Wildman–Crippen MR) is 125 cm³/mol. The summed E-state index contributed by atoms with van der Waals surface area (Å²) in [6.45, 7) is 4.49. The van der Waals surface area contributed by atoms with Crippen molar-refractivity contribution in [2.45, 2.75) is 44.6 Å². The van der Waals surface area contributed by atoms with E-state index in [1.807, 2.05) is 5.38 Å². The Hall–Kier alpha value is -2.10. The molecule has 1 aliphatic rings. The summed E-state index contributed by atoms with van der Waals surface area (Å²) in [7, 11) is 0. The standard InChI is InChI=1S/C21H21N5OS3/c1-11(2)8-14-12-4-3-5-13(12)16-17-18(30-19(16)25-14)20(24-10-23-17)29-9-15(27)26-21-22-6-7-28-21/h6-7,10-11H,3-5,8-9H2,1-2H3,(H,22,26,27). The molecule has 30 heavy (non-hydrogen) atoms.